The fourth-order valence-electron chi connectivity index (χ4n) is 0. The van der Waals surface area contributed by atoms with Crippen LogP contribution in [0.2, 0.25) is 0 Å². The van der Waals surface area contributed by atoms with Gasteiger partial charge < -0.3 is 11.0 Å². The molecule has 5 heteroatoms. The first-order valence-corrected chi connectivity index (χ1v) is 0.775. The SMILES string of the molecule is [Mg+2].[N]#[Al].[OH-].[OH-]. The maximum absolute atomic E-state index is 6.92. The first-order valence-electron chi connectivity index (χ1n) is 0.258. The molecule has 0 rings (SSSR count). The molecule has 2 N–H and O–H groups in total. The van der Waals surface area contributed by atoms with Gasteiger partial charge in [-0.1, -0.05) is 0 Å². The van der Waals surface area contributed by atoms with E-state index in [2.05, 4.69) is 0 Å². The molecule has 0 aromatic rings. The summed E-state index contributed by atoms with van der Waals surface area (Å²) >= 11 is 1.42. The van der Waals surface area contributed by atoms with Gasteiger partial charge in [0, 0.05) is 0 Å². The molecule has 0 saturated carbocycles. The van der Waals surface area contributed by atoms with E-state index in [9.17, 15) is 0 Å². The second-order valence-electron chi connectivity index (χ2n) is 0. The second-order valence-corrected chi connectivity index (χ2v) is 0. The molecule has 24 valence electrons. The third kappa shape index (κ3) is 49.0. The number of rotatable bonds is 0. The summed E-state index contributed by atoms with van der Waals surface area (Å²) in [5.74, 6) is 0. The van der Waals surface area contributed by atoms with Crippen molar-refractivity contribution in [3.63, 3.8) is 0 Å². The summed E-state index contributed by atoms with van der Waals surface area (Å²) in [5, 5.41) is 0. The molecule has 0 aliphatic rings. The van der Waals surface area contributed by atoms with Gasteiger partial charge in [-0.2, -0.15) is 0 Å². The number of hydrogen-bond donors (Lipinski definition) is 0. The molecule has 0 aromatic carbocycles. The van der Waals surface area contributed by atoms with Crippen molar-refractivity contribution in [2.24, 2.45) is 0 Å². The largest absolute Gasteiger partial charge is 0.870 e. The van der Waals surface area contributed by atoms with Crippen LogP contribution in [0, 0.1) is 4.17 Å². The average molecular weight is 99.3 g/mol. The van der Waals surface area contributed by atoms with Crippen LogP contribution < -0.4 is 0 Å². The van der Waals surface area contributed by atoms with Crippen LogP contribution in [0.25, 0.3) is 0 Å². The smallest absolute Gasteiger partial charge is 0.870 e. The van der Waals surface area contributed by atoms with Gasteiger partial charge in [0.15, 0.2) is 0 Å². The van der Waals surface area contributed by atoms with Crippen LogP contribution in [-0.4, -0.2) is 49.9 Å². The van der Waals surface area contributed by atoms with Crippen LogP contribution in [0.3, 0.4) is 0 Å². The molecule has 5 heavy (non-hydrogen) atoms. The summed E-state index contributed by atoms with van der Waals surface area (Å²) in [7, 11) is 0. The molecule has 0 amide bonds. The molecule has 0 aliphatic carbocycles. The average Bonchev–Trinajstić information content (AvgIpc) is 1.00. The van der Waals surface area contributed by atoms with Crippen molar-refractivity contribution in [1.29, 1.82) is 4.17 Å². The first kappa shape index (κ1) is 38.7. The fourth-order valence-corrected chi connectivity index (χ4v) is 0. The third-order valence-electron chi connectivity index (χ3n) is 0. The minimum atomic E-state index is 0. The van der Waals surface area contributed by atoms with Crippen molar-refractivity contribution in [3.05, 3.63) is 0 Å². The van der Waals surface area contributed by atoms with Crippen LogP contribution in [0.1, 0.15) is 0 Å². The molecular weight excluding hydrogens is 97.3 g/mol. The Hall–Kier alpha value is 0.929. The molecule has 0 aromatic heterocycles. The molecule has 0 heterocycles. The van der Waals surface area contributed by atoms with E-state index in [0.29, 0.717) is 0 Å². The second kappa shape index (κ2) is 88.2. The Kier molecular flexibility index (Phi) is 683. The Morgan fingerprint density at radius 2 is 1.00 bits per heavy atom. The summed E-state index contributed by atoms with van der Waals surface area (Å²) in [4.78, 5) is 0. The molecule has 0 fully saturated rings. The van der Waals surface area contributed by atoms with E-state index in [1.54, 1.807) is 0 Å². The Balaban J connectivity index is -0.00000000167. The zero-order valence-corrected chi connectivity index (χ0v) is 5.20. The summed E-state index contributed by atoms with van der Waals surface area (Å²) in [6.07, 6.45) is 0. The van der Waals surface area contributed by atoms with Crippen molar-refractivity contribution in [3.8, 4) is 0 Å². The Morgan fingerprint density at radius 1 is 1.00 bits per heavy atom. The maximum atomic E-state index is 6.92. The van der Waals surface area contributed by atoms with Gasteiger partial charge >= 0.3 is 43.1 Å². The van der Waals surface area contributed by atoms with Gasteiger partial charge in [-0.25, -0.2) is 0 Å². The van der Waals surface area contributed by atoms with Crippen LogP contribution in [0.4, 0.5) is 0 Å². The van der Waals surface area contributed by atoms with Gasteiger partial charge in [0.05, 0.1) is 0 Å². The fraction of sp³-hybridized carbons (Fsp3) is 0. The van der Waals surface area contributed by atoms with E-state index in [0.717, 1.165) is 0 Å². The van der Waals surface area contributed by atoms with Crippen molar-refractivity contribution >= 4 is 39.0 Å². The third-order valence-corrected chi connectivity index (χ3v) is 0. The van der Waals surface area contributed by atoms with Crippen molar-refractivity contribution in [2.45, 2.75) is 0 Å². The summed E-state index contributed by atoms with van der Waals surface area (Å²) in [6, 6.07) is 0. The molecule has 0 radical (unpaired) electrons. The molecule has 0 unspecified atom stereocenters. The van der Waals surface area contributed by atoms with Gasteiger partial charge in [-0.15, -0.1) is 0 Å². The van der Waals surface area contributed by atoms with Gasteiger partial charge in [-0.05, 0) is 0 Å². The number of nitrogens with zero attached hydrogens (tertiary/aromatic N) is 1. The monoisotopic (exact) mass is 99.0 g/mol. The molecule has 3 nitrogen and oxygen atoms in total. The molecule has 0 bridgehead atoms. The molecule has 0 aliphatic heterocycles. The normalized spacial score (nSPS) is 1.00. The van der Waals surface area contributed by atoms with E-state index in [-0.39, 0.29) is 34.0 Å². The van der Waals surface area contributed by atoms with Gasteiger partial charge in [0.25, 0.3) is 0 Å². The van der Waals surface area contributed by atoms with Gasteiger partial charge in [0.1, 0.15) is 0 Å². The Bertz CT molecular complexity index is 14.4. The zero-order valence-electron chi connectivity index (χ0n) is 2.63. The predicted molar refractivity (Wildman–Crippen MR) is 17.1 cm³/mol. The van der Waals surface area contributed by atoms with Crippen LogP contribution >= 0.6 is 0 Å². The van der Waals surface area contributed by atoms with Crippen LogP contribution in [0.5, 0.6) is 0 Å². The van der Waals surface area contributed by atoms with Crippen molar-refractivity contribution in [1.82, 2.24) is 0 Å². The Labute approximate surface area is 54.2 Å². The van der Waals surface area contributed by atoms with E-state index >= 15 is 0 Å². The van der Waals surface area contributed by atoms with Crippen LogP contribution in [0.15, 0.2) is 0 Å². The summed E-state index contributed by atoms with van der Waals surface area (Å²) in [6.45, 7) is 0. The minimum absolute atomic E-state index is 0. The number of hydrogen-bond acceptors (Lipinski definition) is 3. The van der Waals surface area contributed by atoms with Crippen molar-refractivity contribution < 1.29 is 11.0 Å². The molecule has 0 atom stereocenters. The minimum Gasteiger partial charge on any atom is -0.870 e. The predicted octanol–water partition coefficient (Wildman–Crippen LogP) is -1.10. The summed E-state index contributed by atoms with van der Waals surface area (Å²) in [5.41, 5.74) is 0. The maximum Gasteiger partial charge on any atom is -0.870 e. The van der Waals surface area contributed by atoms with E-state index in [1.165, 1.54) is 15.9 Å². The van der Waals surface area contributed by atoms with E-state index in [1.807, 2.05) is 0 Å². The first-order chi connectivity index (χ1) is 1.00. The molecular formula is H2AlMgNO2. The summed E-state index contributed by atoms with van der Waals surface area (Å²) < 4.78 is 6.92. The topological polar surface area (TPSA) is 83.8 Å². The quantitative estimate of drug-likeness (QED) is 0.361. The van der Waals surface area contributed by atoms with Crippen LogP contribution in [-0.2, 0) is 0 Å². The molecule has 0 saturated heterocycles. The standard InChI is InChI=1S/Al.Mg.N.2H2O/h;;;2*1H2/q;+2;;;/p-2. The molecule has 0 spiro atoms. The van der Waals surface area contributed by atoms with Crippen molar-refractivity contribution in [2.75, 3.05) is 0 Å². The van der Waals surface area contributed by atoms with Gasteiger partial charge in [-0.3, -0.25) is 0 Å². The van der Waals surface area contributed by atoms with E-state index in [4.69, 9.17) is 4.17 Å². The zero-order chi connectivity index (χ0) is 2.00. The van der Waals surface area contributed by atoms with E-state index < -0.39 is 0 Å². The Morgan fingerprint density at radius 3 is 1.00 bits per heavy atom. The van der Waals surface area contributed by atoms with Gasteiger partial charge in [0.2, 0.25) is 0 Å².